The first kappa shape index (κ1) is 13.8. The molecule has 0 atom stereocenters. The third-order valence-corrected chi connectivity index (χ3v) is 3.84. The van der Waals surface area contributed by atoms with Gasteiger partial charge in [-0.2, -0.15) is 0 Å². The van der Waals surface area contributed by atoms with Gasteiger partial charge in [-0.1, -0.05) is 33.6 Å². The molecule has 3 rings (SSSR count). The number of halogens is 1. The third-order valence-electron chi connectivity index (χ3n) is 3.35. The van der Waals surface area contributed by atoms with Crippen LogP contribution in [0.3, 0.4) is 0 Å². The van der Waals surface area contributed by atoms with Crippen molar-refractivity contribution in [3.8, 4) is 0 Å². The zero-order chi connectivity index (χ0) is 15.0. The molecule has 3 nitrogen and oxygen atoms in total. The van der Waals surface area contributed by atoms with Crippen molar-refractivity contribution in [3.05, 3.63) is 69.7 Å². The standard InChI is InChI=1S/C17H12BrNO2/c1-10-2-5-12(6-3-10)19-15-9-16(20)17(21)13-7-4-11(18)8-14(13)15/h2-9,19H,1H3. The van der Waals surface area contributed by atoms with Gasteiger partial charge in [-0.25, -0.2) is 0 Å². The number of allylic oxidation sites excluding steroid dienone is 1. The van der Waals surface area contributed by atoms with Gasteiger partial charge < -0.3 is 5.32 Å². The number of aryl methyl sites for hydroxylation is 1. The molecular formula is C17H12BrNO2. The molecule has 2 aromatic carbocycles. The number of fused-ring (bicyclic) bond motifs is 1. The first-order valence-electron chi connectivity index (χ1n) is 6.48. The van der Waals surface area contributed by atoms with Gasteiger partial charge in [0.2, 0.25) is 11.6 Å². The van der Waals surface area contributed by atoms with Gasteiger partial charge in [0.25, 0.3) is 0 Å². The van der Waals surface area contributed by atoms with E-state index in [0.29, 0.717) is 11.3 Å². The Balaban J connectivity index is 2.04. The van der Waals surface area contributed by atoms with E-state index in [2.05, 4.69) is 21.2 Å². The molecular weight excluding hydrogens is 330 g/mol. The molecule has 1 N–H and O–H groups in total. The van der Waals surface area contributed by atoms with Gasteiger partial charge in [-0.15, -0.1) is 0 Å². The molecule has 21 heavy (non-hydrogen) atoms. The smallest absolute Gasteiger partial charge is 0.233 e. The SMILES string of the molecule is Cc1ccc(NC2=CC(=O)C(=O)c3ccc(Br)cc32)cc1. The fourth-order valence-electron chi connectivity index (χ4n) is 2.24. The molecule has 0 aliphatic heterocycles. The van der Waals surface area contributed by atoms with E-state index in [9.17, 15) is 9.59 Å². The molecule has 104 valence electrons. The average molecular weight is 342 g/mol. The highest BCUT2D eigenvalue weighted by atomic mass is 79.9. The normalized spacial score (nSPS) is 13.7. The van der Waals surface area contributed by atoms with E-state index in [4.69, 9.17) is 0 Å². The summed E-state index contributed by atoms with van der Waals surface area (Å²) >= 11 is 3.40. The molecule has 0 fully saturated rings. The lowest BCUT2D eigenvalue weighted by molar-refractivity contribution is -0.111. The molecule has 4 heteroatoms. The number of rotatable bonds is 2. The maximum Gasteiger partial charge on any atom is 0.233 e. The second-order valence-corrected chi connectivity index (χ2v) is 5.85. The minimum absolute atomic E-state index is 0.431. The molecule has 1 aliphatic carbocycles. The van der Waals surface area contributed by atoms with Crippen molar-refractivity contribution in [3.63, 3.8) is 0 Å². The van der Waals surface area contributed by atoms with Crippen LogP contribution in [0.15, 0.2) is 53.0 Å². The number of carbonyl (C=O) groups is 2. The van der Waals surface area contributed by atoms with E-state index in [1.165, 1.54) is 6.08 Å². The maximum atomic E-state index is 11.9. The van der Waals surface area contributed by atoms with Gasteiger partial charge in [0.05, 0.1) is 5.70 Å². The topological polar surface area (TPSA) is 46.2 Å². The number of nitrogens with one attached hydrogen (secondary N) is 1. The summed E-state index contributed by atoms with van der Waals surface area (Å²) in [5.74, 6) is -0.966. The van der Waals surface area contributed by atoms with Gasteiger partial charge in [0.1, 0.15) is 0 Å². The maximum absolute atomic E-state index is 11.9. The fourth-order valence-corrected chi connectivity index (χ4v) is 2.60. The molecule has 0 saturated heterocycles. The lowest BCUT2D eigenvalue weighted by Gasteiger charge is -2.18. The van der Waals surface area contributed by atoms with Crippen LogP contribution in [0, 0.1) is 6.92 Å². The molecule has 0 heterocycles. The number of carbonyl (C=O) groups excluding carboxylic acids is 2. The highest BCUT2D eigenvalue weighted by Gasteiger charge is 2.25. The van der Waals surface area contributed by atoms with Crippen LogP contribution in [0.1, 0.15) is 21.5 Å². The first-order valence-corrected chi connectivity index (χ1v) is 7.28. The fraction of sp³-hybridized carbons (Fsp3) is 0.0588. The van der Waals surface area contributed by atoms with Crippen LogP contribution in [0.5, 0.6) is 0 Å². The summed E-state index contributed by atoms with van der Waals surface area (Å²) in [4.78, 5) is 23.8. The number of anilines is 1. The number of ketones is 2. The number of Topliss-reactive ketones (excluding diaryl/α,β-unsaturated/α-hetero) is 1. The molecule has 0 amide bonds. The Morgan fingerprint density at radius 2 is 1.67 bits per heavy atom. The van der Waals surface area contributed by atoms with Crippen molar-refractivity contribution in [2.45, 2.75) is 6.92 Å². The van der Waals surface area contributed by atoms with Crippen LogP contribution in [0.25, 0.3) is 5.70 Å². The summed E-state index contributed by atoms with van der Waals surface area (Å²) < 4.78 is 0.861. The monoisotopic (exact) mass is 341 g/mol. The quantitative estimate of drug-likeness (QED) is 0.840. The van der Waals surface area contributed by atoms with E-state index in [1.807, 2.05) is 37.3 Å². The highest BCUT2D eigenvalue weighted by Crippen LogP contribution is 2.29. The Bertz CT molecular complexity index is 776. The molecule has 0 bridgehead atoms. The van der Waals surface area contributed by atoms with Crippen LogP contribution < -0.4 is 5.32 Å². The average Bonchev–Trinajstić information content (AvgIpc) is 2.47. The summed E-state index contributed by atoms with van der Waals surface area (Å²) in [7, 11) is 0. The van der Waals surface area contributed by atoms with Crippen LogP contribution in [-0.4, -0.2) is 11.6 Å². The van der Waals surface area contributed by atoms with Gasteiger partial charge in [0.15, 0.2) is 0 Å². The first-order chi connectivity index (χ1) is 10.0. The Morgan fingerprint density at radius 3 is 2.38 bits per heavy atom. The van der Waals surface area contributed by atoms with Crippen LogP contribution in [0.2, 0.25) is 0 Å². The number of hydrogen-bond donors (Lipinski definition) is 1. The van der Waals surface area contributed by atoms with Crippen molar-refractivity contribution in [2.75, 3.05) is 5.32 Å². The largest absolute Gasteiger partial charge is 0.355 e. The van der Waals surface area contributed by atoms with Crippen molar-refractivity contribution < 1.29 is 9.59 Å². The third kappa shape index (κ3) is 2.67. The molecule has 1 aliphatic rings. The van der Waals surface area contributed by atoms with Gasteiger partial charge >= 0.3 is 0 Å². The van der Waals surface area contributed by atoms with Gasteiger partial charge in [0, 0.05) is 27.4 Å². The second kappa shape index (κ2) is 5.30. The van der Waals surface area contributed by atoms with Crippen LogP contribution >= 0.6 is 15.9 Å². The predicted molar refractivity (Wildman–Crippen MR) is 86.3 cm³/mol. The summed E-state index contributed by atoms with van der Waals surface area (Å²) in [5.41, 5.74) is 3.84. The van der Waals surface area contributed by atoms with Crippen molar-refractivity contribution >= 4 is 38.9 Å². The van der Waals surface area contributed by atoms with Gasteiger partial charge in [-0.05, 0) is 37.3 Å². The Labute approximate surface area is 130 Å². The summed E-state index contributed by atoms with van der Waals surface area (Å²) in [6.45, 7) is 2.01. The Kier molecular flexibility index (Phi) is 3.47. The van der Waals surface area contributed by atoms with E-state index in [0.717, 1.165) is 21.3 Å². The van der Waals surface area contributed by atoms with E-state index in [1.54, 1.807) is 12.1 Å². The summed E-state index contributed by atoms with van der Waals surface area (Å²) in [6.07, 6.45) is 1.36. The molecule has 0 saturated carbocycles. The zero-order valence-electron chi connectivity index (χ0n) is 11.3. The number of benzene rings is 2. The molecule has 2 aromatic rings. The Morgan fingerprint density at radius 1 is 0.952 bits per heavy atom. The van der Waals surface area contributed by atoms with Crippen LogP contribution in [0.4, 0.5) is 5.69 Å². The Hall–Kier alpha value is -2.20. The molecule has 0 radical (unpaired) electrons. The van der Waals surface area contributed by atoms with E-state index >= 15 is 0 Å². The van der Waals surface area contributed by atoms with E-state index in [-0.39, 0.29) is 0 Å². The molecule has 0 aromatic heterocycles. The predicted octanol–water partition coefficient (Wildman–Crippen LogP) is 3.98. The minimum Gasteiger partial charge on any atom is -0.355 e. The minimum atomic E-state index is -0.501. The number of hydrogen-bond acceptors (Lipinski definition) is 3. The molecule has 0 unspecified atom stereocenters. The zero-order valence-corrected chi connectivity index (χ0v) is 12.9. The van der Waals surface area contributed by atoms with Crippen LogP contribution in [-0.2, 0) is 4.79 Å². The summed E-state index contributed by atoms with van der Waals surface area (Å²) in [6, 6.07) is 13.1. The lowest BCUT2D eigenvalue weighted by atomic mass is 9.92. The molecule has 0 spiro atoms. The lowest BCUT2D eigenvalue weighted by Crippen LogP contribution is -2.21. The summed E-state index contributed by atoms with van der Waals surface area (Å²) in [5, 5.41) is 3.21. The second-order valence-electron chi connectivity index (χ2n) is 4.93. The van der Waals surface area contributed by atoms with Crippen molar-refractivity contribution in [1.82, 2.24) is 0 Å². The highest BCUT2D eigenvalue weighted by molar-refractivity contribution is 9.10. The van der Waals surface area contributed by atoms with Crippen molar-refractivity contribution in [1.29, 1.82) is 0 Å². The van der Waals surface area contributed by atoms with Crippen molar-refractivity contribution in [2.24, 2.45) is 0 Å². The van der Waals surface area contributed by atoms with Gasteiger partial charge in [-0.3, -0.25) is 9.59 Å². The van der Waals surface area contributed by atoms with E-state index < -0.39 is 11.6 Å².